The van der Waals surface area contributed by atoms with Gasteiger partial charge in [-0.3, -0.25) is 4.79 Å². The van der Waals surface area contributed by atoms with Gasteiger partial charge in [-0.1, -0.05) is 18.9 Å². The molecule has 3 aromatic rings. The average Bonchev–Trinajstić information content (AvgIpc) is 3.45. The first-order valence-electron chi connectivity index (χ1n) is 10.9. The minimum absolute atomic E-state index is 0.0992. The number of carbonyl (C=O) groups is 1. The van der Waals surface area contributed by atoms with E-state index in [0.29, 0.717) is 31.3 Å². The number of nitrogens with zero attached hydrogens (tertiary/aromatic N) is 3. The topological polar surface area (TPSA) is 78.3 Å². The van der Waals surface area contributed by atoms with E-state index in [1.807, 2.05) is 6.07 Å². The van der Waals surface area contributed by atoms with Crippen molar-refractivity contribution in [3.63, 3.8) is 0 Å². The molecule has 0 unspecified atom stereocenters. The van der Waals surface area contributed by atoms with Crippen molar-refractivity contribution < 1.29 is 18.7 Å². The normalized spacial score (nSPS) is 16.7. The van der Waals surface area contributed by atoms with Gasteiger partial charge in [0.15, 0.2) is 11.5 Å². The zero-order chi connectivity index (χ0) is 22.1. The van der Waals surface area contributed by atoms with E-state index in [9.17, 15) is 9.18 Å². The van der Waals surface area contributed by atoms with Crippen LogP contribution in [0, 0.1) is 12.7 Å². The van der Waals surface area contributed by atoms with Crippen LogP contribution in [0.3, 0.4) is 0 Å². The molecule has 7 nitrogen and oxygen atoms in total. The molecule has 1 saturated carbocycles. The molecule has 0 atom stereocenters. The van der Waals surface area contributed by atoms with Crippen molar-refractivity contribution in [3.8, 4) is 17.2 Å². The second-order valence-corrected chi connectivity index (χ2v) is 8.40. The fourth-order valence-corrected chi connectivity index (χ4v) is 4.63. The van der Waals surface area contributed by atoms with Crippen LogP contribution in [0.5, 0.6) is 11.5 Å². The maximum Gasteiger partial charge on any atom is 0.291 e. The lowest BCUT2D eigenvalue weighted by atomic mass is 9.78. The van der Waals surface area contributed by atoms with Gasteiger partial charge in [0.05, 0.1) is 5.69 Å². The fourth-order valence-electron chi connectivity index (χ4n) is 4.63. The number of aryl methyl sites for hydroxylation is 1. The molecule has 8 heteroatoms. The molecule has 0 radical (unpaired) electrons. The molecule has 2 aromatic carbocycles. The van der Waals surface area contributed by atoms with Gasteiger partial charge in [0.25, 0.3) is 5.91 Å². The first kappa shape index (κ1) is 20.5. The molecule has 166 valence electrons. The van der Waals surface area contributed by atoms with Crippen molar-refractivity contribution in [2.24, 2.45) is 0 Å². The zero-order valence-electron chi connectivity index (χ0n) is 17.9. The van der Waals surface area contributed by atoms with Crippen molar-refractivity contribution >= 4 is 5.91 Å². The predicted octanol–water partition coefficient (Wildman–Crippen LogP) is 3.73. The number of halogens is 1. The molecule has 0 saturated heterocycles. The molecule has 2 heterocycles. The first-order chi connectivity index (χ1) is 15.5. The molecule has 1 fully saturated rings. The Morgan fingerprint density at radius 1 is 1.09 bits per heavy atom. The van der Waals surface area contributed by atoms with Crippen LogP contribution in [0.1, 0.15) is 47.7 Å². The summed E-state index contributed by atoms with van der Waals surface area (Å²) in [6.07, 6.45) is 4.20. The van der Waals surface area contributed by atoms with Crippen LogP contribution < -0.4 is 14.8 Å². The third-order valence-electron chi connectivity index (χ3n) is 6.35. The lowest BCUT2D eigenvalue weighted by Gasteiger charge is -2.31. The Morgan fingerprint density at radius 2 is 1.81 bits per heavy atom. The number of ether oxygens (including phenoxy) is 2. The highest BCUT2D eigenvalue weighted by molar-refractivity contribution is 5.90. The Morgan fingerprint density at radius 3 is 2.56 bits per heavy atom. The van der Waals surface area contributed by atoms with Gasteiger partial charge in [-0.25, -0.2) is 14.1 Å². The molecule has 1 aliphatic carbocycles. The Hall–Kier alpha value is -3.42. The number of fused-ring (bicyclic) bond motifs is 1. The molecule has 1 aromatic heterocycles. The van der Waals surface area contributed by atoms with Crippen LogP contribution in [0.25, 0.3) is 5.69 Å². The van der Waals surface area contributed by atoms with Crippen LogP contribution in [0.4, 0.5) is 4.39 Å². The maximum absolute atomic E-state index is 13.2. The number of hydrogen-bond acceptors (Lipinski definition) is 5. The van der Waals surface area contributed by atoms with Gasteiger partial charge < -0.3 is 14.8 Å². The van der Waals surface area contributed by atoms with Gasteiger partial charge in [-0.15, -0.1) is 5.10 Å². The van der Waals surface area contributed by atoms with E-state index >= 15 is 0 Å². The zero-order valence-corrected chi connectivity index (χ0v) is 17.9. The number of hydrogen-bond donors (Lipinski definition) is 1. The summed E-state index contributed by atoms with van der Waals surface area (Å²) in [5.74, 6) is 1.54. The predicted molar refractivity (Wildman–Crippen MR) is 116 cm³/mol. The van der Waals surface area contributed by atoms with E-state index in [1.54, 1.807) is 23.7 Å². The lowest BCUT2D eigenvalue weighted by Crippen LogP contribution is -2.39. The van der Waals surface area contributed by atoms with Gasteiger partial charge >= 0.3 is 0 Å². The van der Waals surface area contributed by atoms with E-state index in [1.165, 1.54) is 12.1 Å². The molecule has 32 heavy (non-hydrogen) atoms. The number of benzene rings is 2. The molecular formula is C24H25FN4O3. The van der Waals surface area contributed by atoms with Gasteiger partial charge in [0.1, 0.15) is 24.9 Å². The van der Waals surface area contributed by atoms with Gasteiger partial charge in [0, 0.05) is 12.0 Å². The van der Waals surface area contributed by atoms with E-state index in [0.717, 1.165) is 42.7 Å². The number of aromatic nitrogens is 3. The summed E-state index contributed by atoms with van der Waals surface area (Å²) in [7, 11) is 0. The van der Waals surface area contributed by atoms with Crippen molar-refractivity contribution in [2.45, 2.75) is 38.0 Å². The molecule has 2 aliphatic rings. The minimum Gasteiger partial charge on any atom is -0.486 e. The highest BCUT2D eigenvalue weighted by Gasteiger charge is 2.37. The summed E-state index contributed by atoms with van der Waals surface area (Å²) in [6, 6.07) is 12.0. The lowest BCUT2D eigenvalue weighted by molar-refractivity contribution is 0.0932. The van der Waals surface area contributed by atoms with Crippen LogP contribution >= 0.6 is 0 Å². The van der Waals surface area contributed by atoms with Crippen LogP contribution in [0.15, 0.2) is 42.5 Å². The van der Waals surface area contributed by atoms with Crippen LogP contribution in [-0.2, 0) is 5.41 Å². The van der Waals surface area contributed by atoms with Gasteiger partial charge in [0.2, 0.25) is 5.82 Å². The van der Waals surface area contributed by atoms with E-state index < -0.39 is 0 Å². The monoisotopic (exact) mass is 436 g/mol. The Kier molecular flexibility index (Phi) is 5.28. The molecule has 5 rings (SSSR count). The highest BCUT2D eigenvalue weighted by Crippen LogP contribution is 2.43. The van der Waals surface area contributed by atoms with Crippen LogP contribution in [0.2, 0.25) is 0 Å². The summed E-state index contributed by atoms with van der Waals surface area (Å²) in [5.41, 5.74) is 1.65. The number of amides is 1. The number of carbonyl (C=O) groups excluding carboxylic acids is 1. The molecule has 1 amide bonds. The van der Waals surface area contributed by atoms with Crippen molar-refractivity contribution in [3.05, 3.63) is 65.5 Å². The summed E-state index contributed by atoms with van der Waals surface area (Å²) in [6.45, 7) is 3.36. The molecule has 1 N–H and O–H groups in total. The first-order valence-corrected chi connectivity index (χ1v) is 10.9. The standard InChI is InChI=1S/C24H25FN4O3/c1-16-27-22(28-29(16)19-7-5-18(25)6-8-19)23(30)26-15-24(10-2-3-11-24)17-4-9-20-21(14-17)32-13-12-31-20/h4-9,14H,2-3,10-13,15H2,1H3,(H,26,30). The third kappa shape index (κ3) is 3.81. The van der Waals surface area contributed by atoms with E-state index in [2.05, 4.69) is 27.5 Å². The van der Waals surface area contributed by atoms with Crippen molar-refractivity contribution in [1.82, 2.24) is 20.1 Å². The molecule has 0 spiro atoms. The van der Waals surface area contributed by atoms with Crippen molar-refractivity contribution in [2.75, 3.05) is 19.8 Å². The summed E-state index contributed by atoms with van der Waals surface area (Å²) >= 11 is 0. The quantitative estimate of drug-likeness (QED) is 0.660. The summed E-state index contributed by atoms with van der Waals surface area (Å²) < 4.78 is 26.2. The largest absolute Gasteiger partial charge is 0.486 e. The molecule has 1 aliphatic heterocycles. The average molecular weight is 436 g/mol. The summed E-state index contributed by atoms with van der Waals surface area (Å²) in [4.78, 5) is 17.2. The van der Waals surface area contributed by atoms with E-state index in [-0.39, 0.29) is 23.0 Å². The number of nitrogens with one attached hydrogen (secondary N) is 1. The fraction of sp³-hybridized carbons (Fsp3) is 0.375. The second-order valence-electron chi connectivity index (χ2n) is 8.40. The van der Waals surface area contributed by atoms with Gasteiger partial charge in [-0.2, -0.15) is 0 Å². The Balaban J connectivity index is 1.34. The smallest absolute Gasteiger partial charge is 0.291 e. The maximum atomic E-state index is 13.2. The summed E-state index contributed by atoms with van der Waals surface area (Å²) in [5, 5.41) is 7.39. The number of rotatable bonds is 5. The SMILES string of the molecule is Cc1nc(C(=O)NCC2(c3ccc4c(c3)OCCO4)CCCC2)nn1-c1ccc(F)cc1. The van der Waals surface area contributed by atoms with Crippen molar-refractivity contribution in [1.29, 1.82) is 0 Å². The minimum atomic E-state index is -0.328. The molecule has 0 bridgehead atoms. The van der Waals surface area contributed by atoms with E-state index in [4.69, 9.17) is 9.47 Å². The highest BCUT2D eigenvalue weighted by atomic mass is 19.1. The third-order valence-corrected chi connectivity index (χ3v) is 6.35. The Labute approximate surface area is 185 Å². The van der Waals surface area contributed by atoms with Gasteiger partial charge in [-0.05, 0) is 61.7 Å². The Bertz CT molecular complexity index is 1140. The molecular weight excluding hydrogens is 411 g/mol. The second kappa shape index (κ2) is 8.26. The van der Waals surface area contributed by atoms with Crippen LogP contribution in [-0.4, -0.2) is 40.4 Å².